The molecule has 0 aliphatic heterocycles. The van der Waals surface area contributed by atoms with Gasteiger partial charge in [-0.25, -0.2) is 0 Å². The van der Waals surface area contributed by atoms with Gasteiger partial charge in [-0.3, -0.25) is 4.79 Å². The number of nitrogens with two attached hydrogens (primary N) is 3. The fraction of sp³-hybridized carbons (Fsp3) is 0.0455. The van der Waals surface area contributed by atoms with E-state index < -0.39 is 11.8 Å². The van der Waals surface area contributed by atoms with Gasteiger partial charge in [0.05, 0.1) is 18.3 Å². The second kappa shape index (κ2) is 8.64. The number of hydrogen-bond donors (Lipinski definition) is 3. The first-order chi connectivity index (χ1) is 13.6. The molecule has 1 atom stereocenters. The van der Waals surface area contributed by atoms with Gasteiger partial charge in [-0.15, -0.1) is 0 Å². The van der Waals surface area contributed by atoms with Crippen LogP contribution in [0.25, 0.3) is 11.1 Å². The van der Waals surface area contributed by atoms with Crippen LogP contribution in [0.2, 0.25) is 0 Å². The minimum absolute atomic E-state index is 0.424. The molecule has 6 heteroatoms. The Labute approximate surface area is 163 Å². The van der Waals surface area contributed by atoms with E-state index in [1.54, 1.807) is 12.4 Å². The lowest BCUT2D eigenvalue weighted by Crippen LogP contribution is -2.23. The average Bonchev–Trinajstić information content (AvgIpc) is 2.70. The van der Waals surface area contributed by atoms with Crippen LogP contribution in [-0.2, 0) is 4.79 Å². The molecule has 0 fully saturated rings. The summed E-state index contributed by atoms with van der Waals surface area (Å²) >= 11 is 0. The molecule has 0 radical (unpaired) electrons. The van der Waals surface area contributed by atoms with E-state index in [0.29, 0.717) is 0 Å². The Balaban J connectivity index is 2.10. The predicted molar refractivity (Wildman–Crippen MR) is 113 cm³/mol. The van der Waals surface area contributed by atoms with Crippen LogP contribution in [-0.4, -0.2) is 18.3 Å². The predicted octanol–water partition coefficient (Wildman–Crippen LogP) is 2.56. The average molecular weight is 371 g/mol. The summed E-state index contributed by atoms with van der Waals surface area (Å²) in [7, 11) is 0. The van der Waals surface area contributed by atoms with Crippen molar-refractivity contribution in [2.45, 2.75) is 5.92 Å². The normalized spacial score (nSPS) is 12.4. The van der Waals surface area contributed by atoms with Gasteiger partial charge < -0.3 is 17.4 Å². The van der Waals surface area contributed by atoms with Gasteiger partial charge in [0.25, 0.3) is 0 Å². The lowest BCUT2D eigenvalue weighted by molar-refractivity contribution is -0.118. The number of hydrazone groups is 2. The second-order valence-electron chi connectivity index (χ2n) is 6.27. The van der Waals surface area contributed by atoms with Gasteiger partial charge in [0.1, 0.15) is 0 Å². The molecule has 0 saturated carbocycles. The summed E-state index contributed by atoms with van der Waals surface area (Å²) in [5.41, 5.74) is 11.0. The van der Waals surface area contributed by atoms with Gasteiger partial charge in [0, 0.05) is 0 Å². The quantitative estimate of drug-likeness (QED) is 0.351. The van der Waals surface area contributed by atoms with E-state index >= 15 is 0 Å². The maximum Gasteiger partial charge on any atom is 0.229 e. The van der Waals surface area contributed by atoms with Crippen LogP contribution in [0.3, 0.4) is 0 Å². The summed E-state index contributed by atoms with van der Waals surface area (Å²) in [6.07, 6.45) is 3.12. The first-order valence-corrected chi connectivity index (χ1v) is 8.69. The smallest absolute Gasteiger partial charge is 0.229 e. The van der Waals surface area contributed by atoms with Gasteiger partial charge in [0.15, 0.2) is 0 Å². The summed E-state index contributed by atoms with van der Waals surface area (Å²) in [4.78, 5) is 12.4. The zero-order chi connectivity index (χ0) is 19.9. The van der Waals surface area contributed by atoms with Crippen LogP contribution >= 0.6 is 0 Å². The topological polar surface area (TPSA) is 120 Å². The first kappa shape index (κ1) is 18.8. The number of rotatable bonds is 6. The molecule has 0 bridgehead atoms. The standard InChI is InChI=1S/C22H21N5O/c23-22(28)21(17-10-8-15(9-11-17)13-26-24)20-7-2-1-6-19(20)18-5-3-4-16(12-18)14-27-25/h1-14,21H,24-25H2,(H2,23,28). The molecule has 0 aliphatic carbocycles. The highest BCUT2D eigenvalue weighted by molar-refractivity contribution is 5.90. The molecule has 140 valence electrons. The van der Waals surface area contributed by atoms with E-state index in [1.807, 2.05) is 72.8 Å². The molecule has 0 spiro atoms. The van der Waals surface area contributed by atoms with E-state index in [-0.39, 0.29) is 0 Å². The molecular weight excluding hydrogens is 350 g/mol. The molecule has 6 N–H and O–H groups in total. The number of carbonyl (C=O) groups is 1. The van der Waals surface area contributed by atoms with Crippen molar-refractivity contribution in [3.63, 3.8) is 0 Å². The SMILES string of the molecule is NN=Cc1ccc(C(C(N)=O)c2ccccc2-c2cccc(C=NN)c2)cc1. The van der Waals surface area contributed by atoms with Crippen LogP contribution in [0.5, 0.6) is 0 Å². The number of primary amides is 1. The molecule has 0 aliphatic rings. The van der Waals surface area contributed by atoms with Gasteiger partial charge in [-0.2, -0.15) is 10.2 Å². The van der Waals surface area contributed by atoms with Gasteiger partial charge in [0.2, 0.25) is 5.91 Å². The van der Waals surface area contributed by atoms with E-state index in [1.165, 1.54) is 0 Å². The van der Waals surface area contributed by atoms with Crippen LogP contribution in [0, 0.1) is 0 Å². The van der Waals surface area contributed by atoms with Crippen molar-refractivity contribution in [3.05, 3.63) is 95.1 Å². The lowest BCUT2D eigenvalue weighted by Gasteiger charge is -2.19. The fourth-order valence-corrected chi connectivity index (χ4v) is 3.24. The number of nitrogens with zero attached hydrogens (tertiary/aromatic N) is 2. The molecule has 3 aromatic rings. The Bertz CT molecular complexity index is 1030. The first-order valence-electron chi connectivity index (χ1n) is 8.69. The van der Waals surface area contributed by atoms with Crippen LogP contribution in [0.1, 0.15) is 28.2 Å². The Kier molecular flexibility index (Phi) is 5.81. The zero-order valence-corrected chi connectivity index (χ0v) is 15.2. The monoisotopic (exact) mass is 371 g/mol. The third kappa shape index (κ3) is 4.07. The highest BCUT2D eigenvalue weighted by Gasteiger charge is 2.23. The number of carbonyl (C=O) groups excluding carboxylic acids is 1. The van der Waals surface area contributed by atoms with Crippen molar-refractivity contribution in [3.8, 4) is 11.1 Å². The molecule has 3 rings (SSSR count). The Morgan fingerprint density at radius 1 is 0.821 bits per heavy atom. The van der Waals surface area contributed by atoms with Crippen LogP contribution in [0.4, 0.5) is 0 Å². The lowest BCUT2D eigenvalue weighted by atomic mass is 9.85. The number of benzene rings is 3. The maximum atomic E-state index is 12.4. The third-order valence-electron chi connectivity index (χ3n) is 4.47. The molecule has 3 aromatic carbocycles. The highest BCUT2D eigenvalue weighted by Crippen LogP contribution is 2.33. The van der Waals surface area contributed by atoms with Gasteiger partial charge in [-0.05, 0) is 39.4 Å². The molecular formula is C22H21N5O. The Morgan fingerprint density at radius 3 is 2.18 bits per heavy atom. The Hall–Kier alpha value is -3.93. The summed E-state index contributed by atoms with van der Waals surface area (Å²) in [5, 5.41) is 7.09. The van der Waals surface area contributed by atoms with E-state index in [4.69, 9.17) is 17.4 Å². The van der Waals surface area contributed by atoms with Crippen molar-refractivity contribution >= 4 is 18.3 Å². The van der Waals surface area contributed by atoms with E-state index in [0.717, 1.165) is 33.4 Å². The van der Waals surface area contributed by atoms with Gasteiger partial charge in [-0.1, -0.05) is 66.7 Å². The number of hydrogen-bond acceptors (Lipinski definition) is 5. The van der Waals surface area contributed by atoms with Gasteiger partial charge >= 0.3 is 0 Å². The molecule has 1 amide bonds. The van der Waals surface area contributed by atoms with Crippen molar-refractivity contribution in [1.29, 1.82) is 0 Å². The largest absolute Gasteiger partial charge is 0.369 e. The highest BCUT2D eigenvalue weighted by atomic mass is 16.1. The molecule has 28 heavy (non-hydrogen) atoms. The van der Waals surface area contributed by atoms with Crippen molar-refractivity contribution in [1.82, 2.24) is 0 Å². The molecule has 0 heterocycles. The minimum atomic E-state index is -0.591. The second-order valence-corrected chi connectivity index (χ2v) is 6.27. The fourth-order valence-electron chi connectivity index (χ4n) is 3.24. The van der Waals surface area contributed by atoms with E-state index in [2.05, 4.69) is 10.2 Å². The van der Waals surface area contributed by atoms with E-state index in [9.17, 15) is 4.79 Å². The Morgan fingerprint density at radius 2 is 1.50 bits per heavy atom. The molecule has 0 saturated heterocycles. The molecule has 6 nitrogen and oxygen atoms in total. The summed E-state index contributed by atoms with van der Waals surface area (Å²) in [6, 6.07) is 22.9. The maximum absolute atomic E-state index is 12.4. The summed E-state index contributed by atoms with van der Waals surface area (Å²) in [6.45, 7) is 0. The van der Waals surface area contributed by atoms with Crippen molar-refractivity contribution in [2.75, 3.05) is 0 Å². The van der Waals surface area contributed by atoms with Crippen LogP contribution in [0.15, 0.2) is 83.0 Å². The molecule has 0 aromatic heterocycles. The summed E-state index contributed by atoms with van der Waals surface area (Å²) in [5.74, 6) is 9.45. The number of amides is 1. The summed E-state index contributed by atoms with van der Waals surface area (Å²) < 4.78 is 0. The van der Waals surface area contributed by atoms with Crippen molar-refractivity contribution in [2.24, 2.45) is 27.6 Å². The van der Waals surface area contributed by atoms with Crippen LogP contribution < -0.4 is 17.4 Å². The molecule has 1 unspecified atom stereocenters. The zero-order valence-electron chi connectivity index (χ0n) is 15.2. The third-order valence-corrected chi connectivity index (χ3v) is 4.47. The van der Waals surface area contributed by atoms with Crippen molar-refractivity contribution < 1.29 is 4.79 Å². The minimum Gasteiger partial charge on any atom is -0.369 e.